The maximum atomic E-state index is 12.8. The van der Waals surface area contributed by atoms with Crippen LogP contribution in [0.15, 0.2) is 42.6 Å². The minimum absolute atomic E-state index is 0.178. The van der Waals surface area contributed by atoms with Gasteiger partial charge in [0.15, 0.2) is 0 Å². The molecule has 36 heavy (non-hydrogen) atoms. The molecule has 2 aliphatic heterocycles. The molecule has 1 aromatic carbocycles. The summed E-state index contributed by atoms with van der Waals surface area (Å²) in [6.07, 6.45) is 8.18. The first kappa shape index (κ1) is 24.9. The lowest BCUT2D eigenvalue weighted by molar-refractivity contribution is -0.139. The Bertz CT molecular complexity index is 1060. The molecule has 1 saturated carbocycles. The van der Waals surface area contributed by atoms with Gasteiger partial charge in [-0.1, -0.05) is 30.7 Å². The number of benzene rings is 1. The highest BCUT2D eigenvalue weighted by Gasteiger charge is 2.31. The highest BCUT2D eigenvalue weighted by molar-refractivity contribution is 5.94. The number of aliphatic hydroxyl groups excluding tert-OH is 1. The molecule has 2 N–H and O–H groups in total. The number of carbonyl (C=O) groups excluding carboxylic acids is 2. The van der Waals surface area contributed by atoms with E-state index >= 15 is 0 Å². The van der Waals surface area contributed by atoms with Gasteiger partial charge in [0.2, 0.25) is 5.91 Å². The predicted molar refractivity (Wildman–Crippen MR) is 138 cm³/mol. The number of piperidine rings is 1. The van der Waals surface area contributed by atoms with Crippen molar-refractivity contribution in [2.75, 3.05) is 32.7 Å². The molecule has 192 valence electrons. The summed E-state index contributed by atoms with van der Waals surface area (Å²) < 4.78 is 0. The average molecular weight is 491 g/mol. The molecule has 2 aromatic rings. The van der Waals surface area contributed by atoms with E-state index in [9.17, 15) is 14.7 Å². The van der Waals surface area contributed by atoms with Gasteiger partial charge in [-0.15, -0.1) is 0 Å². The summed E-state index contributed by atoms with van der Waals surface area (Å²) in [4.78, 5) is 34.0. The number of hydrogen-bond donors (Lipinski definition) is 2. The van der Waals surface area contributed by atoms with Gasteiger partial charge in [0, 0.05) is 62.6 Å². The van der Waals surface area contributed by atoms with Crippen LogP contribution in [0.25, 0.3) is 0 Å². The van der Waals surface area contributed by atoms with Crippen molar-refractivity contribution >= 4 is 11.8 Å². The Morgan fingerprint density at radius 3 is 2.58 bits per heavy atom. The second-order valence-electron chi connectivity index (χ2n) is 10.8. The number of rotatable bonds is 8. The van der Waals surface area contributed by atoms with Gasteiger partial charge in [0.25, 0.3) is 5.91 Å². The second kappa shape index (κ2) is 11.5. The van der Waals surface area contributed by atoms with E-state index in [4.69, 9.17) is 0 Å². The summed E-state index contributed by atoms with van der Waals surface area (Å²) >= 11 is 0. The van der Waals surface area contributed by atoms with Gasteiger partial charge in [0.1, 0.15) is 0 Å². The van der Waals surface area contributed by atoms with E-state index < -0.39 is 6.10 Å². The molecule has 0 unspecified atom stereocenters. The van der Waals surface area contributed by atoms with Crippen molar-refractivity contribution in [1.82, 2.24) is 20.1 Å². The summed E-state index contributed by atoms with van der Waals surface area (Å²) in [5.41, 5.74) is 4.20. The average Bonchev–Trinajstić information content (AvgIpc) is 2.87. The molecular weight excluding hydrogens is 452 g/mol. The van der Waals surface area contributed by atoms with Gasteiger partial charge >= 0.3 is 0 Å². The highest BCUT2D eigenvalue weighted by atomic mass is 16.3. The van der Waals surface area contributed by atoms with Crippen LogP contribution in [0.3, 0.4) is 0 Å². The van der Waals surface area contributed by atoms with Crippen molar-refractivity contribution in [3.8, 4) is 0 Å². The van der Waals surface area contributed by atoms with Crippen molar-refractivity contribution < 1.29 is 14.7 Å². The van der Waals surface area contributed by atoms with Gasteiger partial charge < -0.3 is 15.3 Å². The van der Waals surface area contributed by atoms with Crippen molar-refractivity contribution in [2.24, 2.45) is 11.8 Å². The topological polar surface area (TPSA) is 85.8 Å². The quantitative estimate of drug-likeness (QED) is 0.594. The Kier molecular flexibility index (Phi) is 7.97. The molecule has 1 aliphatic carbocycles. The van der Waals surface area contributed by atoms with Gasteiger partial charge in [0.05, 0.1) is 6.10 Å². The molecule has 7 nitrogen and oxygen atoms in total. The lowest BCUT2D eigenvalue weighted by Crippen LogP contribution is -2.43. The van der Waals surface area contributed by atoms with Crippen molar-refractivity contribution in [2.45, 2.75) is 57.6 Å². The smallest absolute Gasteiger partial charge is 0.251 e. The molecule has 3 heterocycles. The number of hydrogen-bond acceptors (Lipinski definition) is 5. The molecule has 1 atom stereocenters. The third-order valence-corrected chi connectivity index (χ3v) is 8.13. The van der Waals surface area contributed by atoms with E-state index in [1.54, 1.807) is 12.3 Å². The fraction of sp³-hybridized carbons (Fsp3) is 0.552. The maximum absolute atomic E-state index is 12.8. The molecule has 2 fully saturated rings. The zero-order chi connectivity index (χ0) is 24.9. The third-order valence-electron chi connectivity index (χ3n) is 8.13. The van der Waals surface area contributed by atoms with Crippen LogP contribution in [0.5, 0.6) is 0 Å². The first-order valence-electron chi connectivity index (χ1n) is 13.5. The monoisotopic (exact) mass is 490 g/mol. The number of fused-ring (bicyclic) bond motifs is 1. The standard InChI is InChI=1S/C29H38N4O3/c34-27(20-32-13-11-22-4-1-2-5-25(22)19-32)18-31-28(35)24-8-12-30-26(17-24)16-21-9-14-33(15-10-21)29(36)23-6-3-7-23/h1-2,4-5,8,12,17,21,23,27,34H,3,6-7,9-11,13-16,18-20H2,(H,31,35)/t27-/m0/s1. The zero-order valence-corrected chi connectivity index (χ0v) is 21.1. The predicted octanol–water partition coefficient (Wildman–Crippen LogP) is 2.81. The maximum Gasteiger partial charge on any atom is 0.251 e. The number of carbonyl (C=O) groups is 2. The van der Waals surface area contributed by atoms with E-state index in [1.165, 1.54) is 17.5 Å². The number of nitrogens with zero attached hydrogens (tertiary/aromatic N) is 3. The van der Waals surface area contributed by atoms with E-state index in [0.717, 1.165) is 70.4 Å². The number of amides is 2. The Morgan fingerprint density at radius 2 is 1.83 bits per heavy atom. The van der Waals surface area contributed by atoms with E-state index in [0.29, 0.717) is 23.9 Å². The minimum Gasteiger partial charge on any atom is -0.390 e. The van der Waals surface area contributed by atoms with Gasteiger partial charge in [-0.05, 0) is 67.7 Å². The van der Waals surface area contributed by atoms with Crippen LogP contribution in [0.2, 0.25) is 0 Å². The molecule has 2 amide bonds. The van der Waals surface area contributed by atoms with Crippen LogP contribution in [0, 0.1) is 11.8 Å². The lowest BCUT2D eigenvalue weighted by atomic mass is 9.83. The normalized spacial score (nSPS) is 19.9. The summed E-state index contributed by atoms with van der Waals surface area (Å²) in [6, 6.07) is 12.1. The third kappa shape index (κ3) is 6.13. The Hall–Kier alpha value is -2.77. The molecule has 1 saturated heterocycles. The largest absolute Gasteiger partial charge is 0.390 e. The summed E-state index contributed by atoms with van der Waals surface area (Å²) in [6.45, 7) is 4.19. The van der Waals surface area contributed by atoms with E-state index in [1.807, 2.05) is 11.0 Å². The molecule has 0 radical (unpaired) electrons. The number of β-amino-alcohol motifs (C(OH)–C–C–N with tert-alkyl or cyclic N) is 1. The Morgan fingerprint density at radius 1 is 1.06 bits per heavy atom. The fourth-order valence-electron chi connectivity index (χ4n) is 5.68. The molecule has 0 spiro atoms. The molecule has 3 aliphatic rings. The molecule has 1 aromatic heterocycles. The van der Waals surface area contributed by atoms with Gasteiger partial charge in [-0.25, -0.2) is 0 Å². The first-order valence-corrected chi connectivity index (χ1v) is 13.5. The van der Waals surface area contributed by atoms with Crippen LogP contribution in [-0.4, -0.2) is 70.5 Å². The minimum atomic E-state index is -0.617. The van der Waals surface area contributed by atoms with E-state index in [2.05, 4.69) is 39.5 Å². The Labute approximate surface area is 213 Å². The van der Waals surface area contributed by atoms with E-state index in [-0.39, 0.29) is 18.4 Å². The van der Waals surface area contributed by atoms with Crippen molar-refractivity contribution in [3.63, 3.8) is 0 Å². The van der Waals surface area contributed by atoms with Crippen molar-refractivity contribution in [1.29, 1.82) is 0 Å². The SMILES string of the molecule is O=C(NC[C@H](O)CN1CCc2ccccc2C1)c1ccnc(CC2CCN(C(=O)C3CCC3)CC2)c1. The summed E-state index contributed by atoms with van der Waals surface area (Å²) in [5.74, 6) is 0.928. The second-order valence-corrected chi connectivity index (χ2v) is 10.8. The zero-order valence-electron chi connectivity index (χ0n) is 21.1. The molecule has 5 rings (SSSR count). The molecule has 7 heteroatoms. The van der Waals surface area contributed by atoms with Crippen LogP contribution in [-0.2, 0) is 24.2 Å². The first-order chi connectivity index (χ1) is 17.5. The van der Waals surface area contributed by atoms with Crippen LogP contribution < -0.4 is 5.32 Å². The Balaban J connectivity index is 1.06. The number of pyridine rings is 1. The number of nitrogens with one attached hydrogen (secondary N) is 1. The fourth-order valence-corrected chi connectivity index (χ4v) is 5.68. The number of likely N-dealkylation sites (tertiary alicyclic amines) is 1. The summed E-state index contributed by atoms with van der Waals surface area (Å²) in [7, 11) is 0. The van der Waals surface area contributed by atoms with Gasteiger partial charge in [-0.2, -0.15) is 0 Å². The van der Waals surface area contributed by atoms with Crippen molar-refractivity contribution in [3.05, 3.63) is 65.0 Å². The molecule has 0 bridgehead atoms. The van der Waals surface area contributed by atoms with Crippen LogP contribution >= 0.6 is 0 Å². The van der Waals surface area contributed by atoms with Gasteiger partial charge in [-0.3, -0.25) is 19.5 Å². The van der Waals surface area contributed by atoms with Crippen LogP contribution in [0.4, 0.5) is 0 Å². The highest BCUT2D eigenvalue weighted by Crippen LogP contribution is 2.30. The molecular formula is C29H38N4O3. The summed E-state index contributed by atoms with van der Waals surface area (Å²) in [5, 5.41) is 13.4. The number of aromatic nitrogens is 1. The lowest BCUT2D eigenvalue weighted by Gasteiger charge is -2.36. The number of aliphatic hydroxyl groups is 1. The van der Waals surface area contributed by atoms with Crippen LogP contribution in [0.1, 0.15) is 59.3 Å².